The standard InChI is InChI=1S/C60H60N2/c1-5-13-45(14-6-1)49-21-33-55(34-22-49)61(56-35-23-50(24-36-56)46-15-7-2-8-16-46)59-41-29-53(30-42-59)54-31-43-60(44-32-54)62(57-37-25-51(26-38-57)47-17-9-3-10-18-47)58-39-27-52(28-40-58)48-19-11-4-12-20-48/h1,3,5-7,9-11,13,15-17,19-23,25-27,29-33,35-37,39-45,47,50,52,55,57H,2,4,8,12,14,18,24,28,34,38H2. The number of anilines is 2. The maximum absolute atomic E-state index is 2.57. The van der Waals surface area contributed by atoms with Crippen LogP contribution in [0, 0.1) is 23.7 Å². The van der Waals surface area contributed by atoms with Crippen molar-refractivity contribution in [3.05, 3.63) is 240 Å². The number of hydrogen-bond donors (Lipinski definition) is 0. The summed E-state index contributed by atoms with van der Waals surface area (Å²) in [5.41, 5.74) is 13.3. The van der Waals surface area contributed by atoms with E-state index < -0.39 is 0 Å². The lowest BCUT2D eigenvalue weighted by molar-refractivity contribution is 0.705. The molecule has 0 spiro atoms. The Hall–Kier alpha value is -6.12. The summed E-state index contributed by atoms with van der Waals surface area (Å²) in [6.07, 6.45) is 72.2. The number of nitrogens with zero attached hydrogens (tertiary/aromatic N) is 2. The lowest BCUT2D eigenvalue weighted by Crippen LogP contribution is -2.34. The van der Waals surface area contributed by atoms with Gasteiger partial charge in [-0.2, -0.15) is 0 Å². The first kappa shape index (κ1) is 40.0. The van der Waals surface area contributed by atoms with E-state index in [4.69, 9.17) is 0 Å². The van der Waals surface area contributed by atoms with Gasteiger partial charge in [0.1, 0.15) is 0 Å². The third kappa shape index (κ3) is 8.93. The Bertz CT molecular complexity index is 2310. The molecule has 0 amide bonds. The molecule has 0 bridgehead atoms. The topological polar surface area (TPSA) is 6.48 Å². The largest absolute Gasteiger partial charge is 0.335 e. The van der Waals surface area contributed by atoms with Crippen molar-refractivity contribution in [3.8, 4) is 11.1 Å². The molecular weight excluding hydrogens is 749 g/mol. The van der Waals surface area contributed by atoms with Gasteiger partial charge in [-0.15, -0.1) is 0 Å². The lowest BCUT2D eigenvalue weighted by Gasteiger charge is -2.36. The minimum atomic E-state index is 0.254. The molecule has 0 N–H and O–H groups in total. The first-order chi connectivity index (χ1) is 30.7. The van der Waals surface area contributed by atoms with Crippen molar-refractivity contribution in [2.45, 2.75) is 76.3 Å². The maximum Gasteiger partial charge on any atom is 0.0559 e. The molecule has 0 saturated heterocycles. The second kappa shape index (κ2) is 18.9. The van der Waals surface area contributed by atoms with E-state index in [9.17, 15) is 0 Å². The molecular formula is C60H60N2. The SMILES string of the molecule is C1=CCC(C2=CCC(N(C3=CCC(C4=CCCC=C4)C=C3)c3ccc(-c4ccc(N(C5=CCC(C6=CCCC=C6)C=C5)C5C=CC(C6C=CC=CC6)=CC5)cc4)cc3)C=C2)C=C1. The molecule has 8 aliphatic carbocycles. The summed E-state index contributed by atoms with van der Waals surface area (Å²) in [4.78, 5) is 5.14. The number of benzene rings is 2. The third-order valence-corrected chi connectivity index (χ3v) is 13.9. The van der Waals surface area contributed by atoms with Gasteiger partial charge in [-0.25, -0.2) is 0 Å². The molecule has 10 rings (SSSR count). The maximum atomic E-state index is 2.57. The van der Waals surface area contributed by atoms with Gasteiger partial charge in [0.15, 0.2) is 0 Å². The summed E-state index contributed by atoms with van der Waals surface area (Å²) in [7, 11) is 0. The summed E-state index contributed by atoms with van der Waals surface area (Å²) in [6, 6.07) is 19.1. The van der Waals surface area contributed by atoms with E-state index in [0.29, 0.717) is 23.7 Å². The average Bonchev–Trinajstić information content (AvgIpc) is 3.36. The molecule has 0 aromatic heterocycles. The summed E-state index contributed by atoms with van der Waals surface area (Å²) < 4.78 is 0. The van der Waals surface area contributed by atoms with Crippen molar-refractivity contribution in [2.75, 3.05) is 9.80 Å². The van der Waals surface area contributed by atoms with Crippen LogP contribution in [0.25, 0.3) is 11.1 Å². The Morgan fingerprint density at radius 3 is 1.10 bits per heavy atom. The van der Waals surface area contributed by atoms with Crippen LogP contribution in [0.15, 0.2) is 240 Å². The fraction of sp³-hybridized carbons (Fsp3) is 0.267. The van der Waals surface area contributed by atoms with Gasteiger partial charge in [-0.05, 0) is 134 Å². The van der Waals surface area contributed by atoms with Crippen molar-refractivity contribution in [1.29, 1.82) is 0 Å². The van der Waals surface area contributed by atoms with Gasteiger partial charge >= 0.3 is 0 Å². The van der Waals surface area contributed by atoms with Crippen molar-refractivity contribution >= 4 is 11.4 Å². The summed E-state index contributed by atoms with van der Waals surface area (Å²) >= 11 is 0. The molecule has 0 fully saturated rings. The van der Waals surface area contributed by atoms with Crippen molar-refractivity contribution in [2.24, 2.45) is 23.7 Å². The Morgan fingerprint density at radius 2 is 0.758 bits per heavy atom. The molecule has 62 heavy (non-hydrogen) atoms. The molecule has 310 valence electrons. The van der Waals surface area contributed by atoms with Crippen LogP contribution in [-0.4, -0.2) is 12.1 Å². The quantitative estimate of drug-likeness (QED) is 0.223. The van der Waals surface area contributed by atoms with E-state index >= 15 is 0 Å². The third-order valence-electron chi connectivity index (χ3n) is 13.9. The molecule has 0 saturated carbocycles. The second-order valence-electron chi connectivity index (χ2n) is 17.9. The van der Waals surface area contributed by atoms with Crippen LogP contribution < -0.4 is 9.80 Å². The average molecular weight is 809 g/mol. The molecule has 2 aromatic rings. The predicted molar refractivity (Wildman–Crippen MR) is 264 cm³/mol. The fourth-order valence-corrected chi connectivity index (χ4v) is 10.4. The first-order valence-electron chi connectivity index (χ1n) is 23.5. The van der Waals surface area contributed by atoms with Gasteiger partial charge < -0.3 is 9.80 Å². The van der Waals surface area contributed by atoms with E-state index in [2.05, 4.69) is 216 Å². The molecule has 6 atom stereocenters. The van der Waals surface area contributed by atoms with Gasteiger partial charge in [-0.3, -0.25) is 0 Å². The highest BCUT2D eigenvalue weighted by atomic mass is 15.2. The molecule has 2 heteroatoms. The Kier molecular flexibility index (Phi) is 12.2. The second-order valence-corrected chi connectivity index (χ2v) is 17.9. The normalized spacial score (nSPS) is 27.3. The summed E-state index contributed by atoms with van der Waals surface area (Å²) in [5, 5.41) is 0. The van der Waals surface area contributed by atoms with Gasteiger partial charge in [0, 0.05) is 46.4 Å². The van der Waals surface area contributed by atoms with Crippen LogP contribution in [-0.2, 0) is 0 Å². The molecule has 2 nitrogen and oxygen atoms in total. The minimum Gasteiger partial charge on any atom is -0.335 e. The fourth-order valence-electron chi connectivity index (χ4n) is 10.4. The molecule has 0 radical (unpaired) electrons. The number of rotatable bonds is 11. The highest BCUT2D eigenvalue weighted by molar-refractivity contribution is 5.71. The van der Waals surface area contributed by atoms with E-state index in [0.717, 1.165) is 64.2 Å². The number of allylic oxidation sites excluding steroid dienone is 26. The van der Waals surface area contributed by atoms with Crippen molar-refractivity contribution < 1.29 is 0 Å². The van der Waals surface area contributed by atoms with Gasteiger partial charge in [0.2, 0.25) is 0 Å². The van der Waals surface area contributed by atoms with E-state index in [1.807, 2.05) is 0 Å². The van der Waals surface area contributed by atoms with Gasteiger partial charge in [0.05, 0.1) is 12.1 Å². The van der Waals surface area contributed by atoms with Crippen LogP contribution in [0.5, 0.6) is 0 Å². The predicted octanol–water partition coefficient (Wildman–Crippen LogP) is 15.2. The Labute approximate surface area is 370 Å². The van der Waals surface area contributed by atoms with E-state index in [-0.39, 0.29) is 12.1 Å². The minimum absolute atomic E-state index is 0.254. The van der Waals surface area contributed by atoms with Crippen molar-refractivity contribution in [3.63, 3.8) is 0 Å². The molecule has 0 aliphatic heterocycles. The first-order valence-corrected chi connectivity index (χ1v) is 23.5. The highest BCUT2D eigenvalue weighted by Crippen LogP contribution is 2.38. The zero-order valence-electron chi connectivity index (χ0n) is 36.1. The van der Waals surface area contributed by atoms with Gasteiger partial charge in [-0.1, -0.05) is 170 Å². The van der Waals surface area contributed by atoms with Crippen LogP contribution in [0.3, 0.4) is 0 Å². The zero-order chi connectivity index (χ0) is 41.5. The molecule has 6 unspecified atom stereocenters. The Balaban J connectivity index is 0.891. The van der Waals surface area contributed by atoms with E-state index in [1.54, 1.807) is 0 Å². The Morgan fingerprint density at radius 1 is 0.323 bits per heavy atom. The zero-order valence-corrected chi connectivity index (χ0v) is 36.1. The summed E-state index contributed by atoms with van der Waals surface area (Å²) in [6.45, 7) is 0. The van der Waals surface area contributed by atoms with Gasteiger partial charge in [0.25, 0.3) is 0 Å². The molecule has 2 aromatic carbocycles. The van der Waals surface area contributed by atoms with Crippen LogP contribution in [0.2, 0.25) is 0 Å². The van der Waals surface area contributed by atoms with E-state index in [1.165, 1.54) is 56.2 Å². The smallest absolute Gasteiger partial charge is 0.0559 e. The lowest BCUT2D eigenvalue weighted by atomic mass is 9.86. The van der Waals surface area contributed by atoms with Crippen molar-refractivity contribution in [1.82, 2.24) is 0 Å². The molecule has 8 aliphatic rings. The summed E-state index contributed by atoms with van der Waals surface area (Å²) in [5.74, 6) is 1.86. The monoisotopic (exact) mass is 808 g/mol. The van der Waals surface area contributed by atoms with Crippen LogP contribution in [0.1, 0.15) is 64.2 Å². The van der Waals surface area contributed by atoms with Crippen LogP contribution >= 0.6 is 0 Å². The molecule has 0 heterocycles. The highest BCUT2D eigenvalue weighted by Gasteiger charge is 2.27. The van der Waals surface area contributed by atoms with Crippen LogP contribution in [0.4, 0.5) is 11.4 Å². The number of hydrogen-bond acceptors (Lipinski definition) is 2.